The maximum absolute atomic E-state index is 14.1. The largest absolute Gasteiger partial charge is 0.506 e. The number of nitrogen functional groups attached to an aromatic ring is 1. The van der Waals surface area contributed by atoms with E-state index in [2.05, 4.69) is 11.8 Å². The fraction of sp³-hybridized carbons (Fsp3) is 0.387. The molecule has 5 rings (SSSR count). The molecule has 3 aliphatic carbocycles. The first-order valence-corrected chi connectivity index (χ1v) is 13.5. The first kappa shape index (κ1) is 29.0. The van der Waals surface area contributed by atoms with E-state index in [1.54, 1.807) is 63.4 Å². The van der Waals surface area contributed by atoms with E-state index in [0.717, 1.165) is 0 Å². The van der Waals surface area contributed by atoms with Crippen molar-refractivity contribution in [3.8, 4) is 17.6 Å². The summed E-state index contributed by atoms with van der Waals surface area (Å²) in [6.07, 6.45) is 0.148. The van der Waals surface area contributed by atoms with Gasteiger partial charge in [-0.25, -0.2) is 0 Å². The number of benzene rings is 2. The van der Waals surface area contributed by atoms with E-state index in [9.17, 15) is 34.2 Å². The van der Waals surface area contributed by atoms with Crippen molar-refractivity contribution in [2.75, 3.05) is 38.8 Å². The lowest BCUT2D eigenvalue weighted by molar-refractivity contribution is -0.181. The van der Waals surface area contributed by atoms with Gasteiger partial charge >= 0.3 is 0 Å². The molecule has 42 heavy (non-hydrogen) atoms. The second-order valence-corrected chi connectivity index (χ2v) is 11.7. The number of aliphatic hydroxyl groups is 1. The third-order valence-corrected chi connectivity index (χ3v) is 8.77. The van der Waals surface area contributed by atoms with Crippen LogP contribution in [0.3, 0.4) is 0 Å². The van der Waals surface area contributed by atoms with Gasteiger partial charge in [-0.2, -0.15) is 0 Å². The molecule has 0 bridgehead atoms. The fourth-order valence-corrected chi connectivity index (χ4v) is 6.85. The molecule has 0 aliphatic heterocycles. The number of fused-ring (bicyclic) bond motifs is 3. The molecule has 218 valence electrons. The minimum atomic E-state index is -2.77. The number of nitrogens with zero attached hydrogens (tertiary/aromatic N) is 2. The molecule has 0 radical (unpaired) electrons. The van der Waals surface area contributed by atoms with Crippen LogP contribution < -0.4 is 16.4 Å². The maximum Gasteiger partial charge on any atom is 0.235 e. The van der Waals surface area contributed by atoms with E-state index in [-0.39, 0.29) is 24.0 Å². The number of amides is 1. The number of carbonyl (C=O) groups excluding carboxylic acids is 5. The van der Waals surface area contributed by atoms with Crippen molar-refractivity contribution in [1.29, 1.82) is 0 Å². The second-order valence-electron chi connectivity index (χ2n) is 11.7. The molecule has 2 fully saturated rings. The molecule has 2 saturated carbocycles. The number of likely N-dealkylation sites (N-methyl/N-ethyl adjacent to an activating group) is 1. The average molecular weight is 573 g/mol. The van der Waals surface area contributed by atoms with Crippen molar-refractivity contribution in [3.63, 3.8) is 0 Å². The number of rotatable bonds is 3. The van der Waals surface area contributed by atoms with Gasteiger partial charge in [0.15, 0.2) is 34.7 Å². The molecule has 2 aromatic rings. The molecule has 11 nitrogen and oxygen atoms in total. The summed E-state index contributed by atoms with van der Waals surface area (Å²) in [5.74, 6) is -5.11. The number of nitrogens with two attached hydrogens (primary N) is 2. The number of anilines is 2. The van der Waals surface area contributed by atoms with E-state index >= 15 is 0 Å². The summed E-state index contributed by atoms with van der Waals surface area (Å²) < 4.78 is 0. The van der Waals surface area contributed by atoms with Crippen molar-refractivity contribution in [2.45, 2.75) is 24.5 Å². The quantitative estimate of drug-likeness (QED) is 0.220. The smallest absolute Gasteiger partial charge is 0.235 e. The van der Waals surface area contributed by atoms with Crippen LogP contribution in [0.4, 0.5) is 11.4 Å². The monoisotopic (exact) mass is 572 g/mol. The lowest BCUT2D eigenvalue weighted by atomic mass is 9.52. The SMILES string of the molecule is CN(C)c1cc(C#Cc2ccc(N)cc2)c(O)c2c1C[C@H]1C[C@H]3[C@H](N(C)C)C(=O)C(C(N)=O)C(=O)[C@@]3(O)C(=O)C1C2=O. The number of phenolic OH excluding ortho intramolecular Hbond substituents is 1. The van der Waals surface area contributed by atoms with E-state index in [4.69, 9.17) is 11.5 Å². The first-order valence-electron chi connectivity index (χ1n) is 13.5. The molecular weight excluding hydrogens is 540 g/mol. The zero-order chi connectivity index (χ0) is 30.8. The number of Topliss-reactive ketones (excluding diaryl/α,β-unsaturated/α-hetero) is 4. The predicted molar refractivity (Wildman–Crippen MR) is 153 cm³/mol. The Balaban J connectivity index is 1.64. The molecule has 0 heterocycles. The van der Waals surface area contributed by atoms with E-state index in [1.165, 1.54) is 4.90 Å². The van der Waals surface area contributed by atoms with Crippen molar-refractivity contribution in [2.24, 2.45) is 29.4 Å². The average Bonchev–Trinajstić information content (AvgIpc) is 2.90. The van der Waals surface area contributed by atoms with Crippen LogP contribution in [0, 0.1) is 35.5 Å². The third-order valence-electron chi connectivity index (χ3n) is 8.77. The lowest BCUT2D eigenvalue weighted by Gasteiger charge is -2.52. The number of ketones is 4. The molecule has 0 saturated heterocycles. The summed E-state index contributed by atoms with van der Waals surface area (Å²) in [7, 11) is 6.64. The zero-order valence-corrected chi connectivity index (χ0v) is 23.7. The minimum absolute atomic E-state index is 0.0176. The third kappa shape index (κ3) is 4.18. The molecule has 11 heteroatoms. The maximum atomic E-state index is 14.1. The highest BCUT2D eigenvalue weighted by molar-refractivity contribution is 6.32. The Morgan fingerprint density at radius 2 is 1.67 bits per heavy atom. The molecule has 0 spiro atoms. The molecule has 6 N–H and O–H groups in total. The highest BCUT2D eigenvalue weighted by atomic mass is 16.3. The predicted octanol–water partition coefficient (Wildman–Crippen LogP) is -0.0850. The summed E-state index contributed by atoms with van der Waals surface area (Å²) >= 11 is 0. The Bertz CT molecular complexity index is 1620. The van der Waals surface area contributed by atoms with Crippen LogP contribution in [0.1, 0.15) is 33.5 Å². The molecule has 1 amide bonds. The van der Waals surface area contributed by atoms with E-state index < -0.39 is 70.1 Å². The topological polar surface area (TPSA) is 184 Å². The van der Waals surface area contributed by atoms with Gasteiger partial charge in [-0.05, 0) is 68.8 Å². The van der Waals surface area contributed by atoms with Crippen LogP contribution >= 0.6 is 0 Å². The summed E-state index contributed by atoms with van der Waals surface area (Å²) in [5.41, 5.74) is 10.7. The summed E-state index contributed by atoms with van der Waals surface area (Å²) in [4.78, 5) is 70.2. The Morgan fingerprint density at radius 1 is 1.02 bits per heavy atom. The Kier molecular flexibility index (Phi) is 6.95. The molecule has 2 unspecified atom stereocenters. The van der Waals surface area contributed by atoms with Crippen molar-refractivity contribution < 1.29 is 34.2 Å². The Labute approximate surface area is 242 Å². The molecule has 3 aliphatic rings. The van der Waals surface area contributed by atoms with Crippen LogP contribution in [-0.2, 0) is 25.6 Å². The summed E-state index contributed by atoms with van der Waals surface area (Å²) in [5, 5.41) is 23.1. The van der Waals surface area contributed by atoms with E-state index in [1.807, 2.05) is 0 Å². The number of hydrogen-bond donors (Lipinski definition) is 4. The van der Waals surface area contributed by atoms with Gasteiger partial charge in [0.05, 0.1) is 23.1 Å². The lowest BCUT2D eigenvalue weighted by Crippen LogP contribution is -2.74. The molecule has 6 atom stereocenters. The van der Waals surface area contributed by atoms with Crippen LogP contribution in [0.2, 0.25) is 0 Å². The van der Waals surface area contributed by atoms with Crippen molar-refractivity contribution in [3.05, 3.63) is 52.6 Å². The summed E-state index contributed by atoms with van der Waals surface area (Å²) in [6, 6.07) is 7.30. The summed E-state index contributed by atoms with van der Waals surface area (Å²) in [6.45, 7) is 0. The normalized spacial score (nSPS) is 28.4. The number of carbonyl (C=O) groups is 5. The molecular formula is C31H32N4O7. The van der Waals surface area contributed by atoms with Crippen LogP contribution in [0.15, 0.2) is 30.3 Å². The minimum Gasteiger partial charge on any atom is -0.506 e. The molecule has 2 aromatic carbocycles. The standard InChI is InChI=1S/C31H32N4O7/c1-34(2)20-13-15(8-5-14-6-9-17(32)10-7-14)25(36)22-18(20)11-16-12-19-24(35(3)4)27(38)23(30(33)41)29(40)31(19,42)28(39)21(16)26(22)37/h6-7,9-10,13,16,19,21,23-24,36,42H,11-12,32H2,1-4H3,(H2,33,41)/t16-,19-,21?,23?,24-,31-/m0/s1. The fourth-order valence-electron chi connectivity index (χ4n) is 6.85. The van der Waals surface area contributed by atoms with Gasteiger partial charge in [0.1, 0.15) is 5.75 Å². The van der Waals surface area contributed by atoms with Gasteiger partial charge in [-0.3, -0.25) is 28.9 Å². The van der Waals surface area contributed by atoms with Gasteiger partial charge < -0.3 is 26.6 Å². The van der Waals surface area contributed by atoms with Gasteiger partial charge in [0.2, 0.25) is 5.91 Å². The van der Waals surface area contributed by atoms with Gasteiger partial charge in [0.25, 0.3) is 0 Å². The Hall–Kier alpha value is -4.53. The van der Waals surface area contributed by atoms with Gasteiger partial charge in [0, 0.05) is 37.0 Å². The highest BCUT2D eigenvalue weighted by Gasteiger charge is 2.69. The Morgan fingerprint density at radius 3 is 2.24 bits per heavy atom. The van der Waals surface area contributed by atoms with Crippen LogP contribution in [-0.4, -0.2) is 84.0 Å². The second kappa shape index (κ2) is 10.1. The van der Waals surface area contributed by atoms with Crippen molar-refractivity contribution >= 4 is 40.4 Å². The highest BCUT2D eigenvalue weighted by Crippen LogP contribution is 2.52. The van der Waals surface area contributed by atoms with Gasteiger partial charge in [-0.1, -0.05) is 11.8 Å². The zero-order valence-electron chi connectivity index (χ0n) is 23.7. The van der Waals surface area contributed by atoms with Crippen LogP contribution in [0.5, 0.6) is 5.75 Å². The molecule has 0 aromatic heterocycles. The number of phenols is 1. The number of hydrogen-bond acceptors (Lipinski definition) is 10. The van der Waals surface area contributed by atoms with Gasteiger partial charge in [-0.15, -0.1) is 0 Å². The van der Waals surface area contributed by atoms with E-state index in [0.29, 0.717) is 22.5 Å². The number of primary amides is 1. The number of aromatic hydroxyl groups is 1. The first-order chi connectivity index (χ1) is 19.7. The van der Waals surface area contributed by atoms with Crippen LogP contribution in [0.25, 0.3) is 0 Å². The van der Waals surface area contributed by atoms with Crippen molar-refractivity contribution in [1.82, 2.24) is 4.90 Å².